The number of fused-ring (bicyclic) bond motifs is 1. The van der Waals surface area contributed by atoms with Crippen molar-refractivity contribution in [2.24, 2.45) is 0 Å². The Bertz CT molecular complexity index is 578. The highest BCUT2D eigenvalue weighted by Crippen LogP contribution is 2.28. The van der Waals surface area contributed by atoms with Crippen LogP contribution >= 0.6 is 46.1 Å². The Balaban J connectivity index is 0.000000351. The summed E-state index contributed by atoms with van der Waals surface area (Å²) < 4.78 is 35.1. The number of carboxylic acid groups (broad SMARTS) is 1. The average Bonchev–Trinajstić information content (AvgIpc) is 2.87. The van der Waals surface area contributed by atoms with E-state index in [1.165, 1.54) is 21.8 Å². The summed E-state index contributed by atoms with van der Waals surface area (Å²) in [7, 11) is 0. The first-order valence-electron chi connectivity index (χ1n) is 6.26. The van der Waals surface area contributed by atoms with Gasteiger partial charge in [-0.2, -0.15) is 13.2 Å². The Hall–Kier alpha value is -0.740. The van der Waals surface area contributed by atoms with Gasteiger partial charge in [-0.3, -0.25) is 0 Å². The van der Waals surface area contributed by atoms with Crippen LogP contribution in [0.15, 0.2) is 6.07 Å². The SMILES string of the molecule is O=C(O)C(F)(F)F.O=C(OCC(Cl)(Cl)Cl)c1cc2c(s1)CNCC2. The molecule has 0 radical (unpaired) electrons. The zero-order valence-electron chi connectivity index (χ0n) is 11.8. The first-order chi connectivity index (χ1) is 10.9. The van der Waals surface area contributed by atoms with Crippen molar-refractivity contribution in [3.05, 3.63) is 21.4 Å². The number of esters is 1. The Morgan fingerprint density at radius 3 is 2.38 bits per heavy atom. The zero-order chi connectivity index (χ0) is 18.5. The maximum atomic E-state index is 11.7. The van der Waals surface area contributed by atoms with Crippen LogP contribution in [0.4, 0.5) is 13.2 Å². The largest absolute Gasteiger partial charge is 0.490 e. The number of nitrogens with one attached hydrogen (secondary N) is 1. The number of rotatable bonds is 2. The lowest BCUT2D eigenvalue weighted by atomic mass is 10.1. The summed E-state index contributed by atoms with van der Waals surface area (Å²) >= 11 is 18.0. The van der Waals surface area contributed by atoms with E-state index in [-0.39, 0.29) is 6.61 Å². The molecule has 1 aromatic heterocycles. The van der Waals surface area contributed by atoms with E-state index in [0.29, 0.717) is 4.88 Å². The average molecular weight is 429 g/mol. The first kappa shape index (κ1) is 21.3. The summed E-state index contributed by atoms with van der Waals surface area (Å²) in [4.78, 5) is 22.3. The van der Waals surface area contributed by atoms with E-state index in [0.717, 1.165) is 19.5 Å². The topological polar surface area (TPSA) is 75.6 Å². The molecule has 0 amide bonds. The van der Waals surface area contributed by atoms with Gasteiger partial charge in [-0.1, -0.05) is 34.8 Å². The molecule has 5 nitrogen and oxygen atoms in total. The minimum Gasteiger partial charge on any atom is -0.475 e. The summed E-state index contributed by atoms with van der Waals surface area (Å²) in [5, 5.41) is 10.4. The van der Waals surface area contributed by atoms with Crippen molar-refractivity contribution in [3.8, 4) is 0 Å². The molecule has 0 fully saturated rings. The van der Waals surface area contributed by atoms with Gasteiger partial charge in [0.2, 0.25) is 3.79 Å². The number of carbonyl (C=O) groups excluding carboxylic acids is 1. The molecule has 2 rings (SSSR count). The van der Waals surface area contributed by atoms with Crippen LogP contribution in [0.5, 0.6) is 0 Å². The Morgan fingerprint density at radius 2 is 1.92 bits per heavy atom. The Morgan fingerprint density at radius 1 is 1.33 bits per heavy atom. The van der Waals surface area contributed by atoms with Gasteiger partial charge in [-0.05, 0) is 24.6 Å². The van der Waals surface area contributed by atoms with Crippen molar-refractivity contribution in [2.75, 3.05) is 13.2 Å². The van der Waals surface area contributed by atoms with Gasteiger partial charge in [0.05, 0.1) is 0 Å². The highest BCUT2D eigenvalue weighted by atomic mass is 35.6. The number of carboxylic acids is 1. The van der Waals surface area contributed by atoms with Gasteiger partial charge < -0.3 is 15.2 Å². The van der Waals surface area contributed by atoms with Crippen molar-refractivity contribution in [1.29, 1.82) is 0 Å². The molecule has 2 N–H and O–H groups in total. The summed E-state index contributed by atoms with van der Waals surface area (Å²) in [6, 6.07) is 1.86. The lowest BCUT2D eigenvalue weighted by Crippen LogP contribution is -2.21. The highest BCUT2D eigenvalue weighted by molar-refractivity contribution is 7.14. The third-order valence-corrected chi connectivity index (χ3v) is 4.05. The molecular formula is C12H11Cl3F3NO4S. The number of thiophene rings is 1. The lowest BCUT2D eigenvalue weighted by molar-refractivity contribution is -0.192. The number of hydrogen-bond acceptors (Lipinski definition) is 5. The van der Waals surface area contributed by atoms with Crippen LogP contribution in [0.1, 0.15) is 20.1 Å². The van der Waals surface area contributed by atoms with Crippen molar-refractivity contribution in [3.63, 3.8) is 0 Å². The Labute approximate surface area is 153 Å². The van der Waals surface area contributed by atoms with E-state index < -0.39 is 21.9 Å². The van der Waals surface area contributed by atoms with Gasteiger partial charge in [0.25, 0.3) is 0 Å². The van der Waals surface area contributed by atoms with Crippen molar-refractivity contribution >= 4 is 58.1 Å². The molecule has 136 valence electrons. The Kier molecular flexibility index (Phi) is 7.61. The lowest BCUT2D eigenvalue weighted by Gasteiger charge is -2.10. The minimum atomic E-state index is -5.08. The second kappa shape index (κ2) is 8.57. The molecule has 2 heterocycles. The van der Waals surface area contributed by atoms with E-state index >= 15 is 0 Å². The van der Waals surface area contributed by atoms with Crippen LogP contribution in [0.25, 0.3) is 0 Å². The fourth-order valence-corrected chi connectivity index (χ4v) is 2.81. The fraction of sp³-hybridized carbons (Fsp3) is 0.500. The van der Waals surface area contributed by atoms with Gasteiger partial charge in [0, 0.05) is 11.4 Å². The normalized spacial score (nSPS) is 14.2. The molecule has 0 saturated heterocycles. The van der Waals surface area contributed by atoms with Gasteiger partial charge >= 0.3 is 18.1 Å². The highest BCUT2D eigenvalue weighted by Gasteiger charge is 2.38. The molecule has 0 unspecified atom stereocenters. The van der Waals surface area contributed by atoms with Gasteiger partial charge in [0.15, 0.2) is 0 Å². The van der Waals surface area contributed by atoms with Crippen molar-refractivity contribution < 1.29 is 32.6 Å². The van der Waals surface area contributed by atoms with E-state index in [1.807, 2.05) is 6.07 Å². The number of ether oxygens (including phenoxy) is 1. The quantitative estimate of drug-likeness (QED) is 0.556. The number of hydrogen-bond donors (Lipinski definition) is 2. The maximum Gasteiger partial charge on any atom is 0.490 e. The molecule has 0 bridgehead atoms. The van der Waals surface area contributed by atoms with E-state index in [2.05, 4.69) is 5.32 Å². The van der Waals surface area contributed by atoms with Crippen molar-refractivity contribution in [2.45, 2.75) is 22.9 Å². The predicted octanol–water partition coefficient (Wildman–Crippen LogP) is 3.55. The summed E-state index contributed by atoms with van der Waals surface area (Å²) in [5.41, 5.74) is 1.20. The molecule has 0 saturated carbocycles. The van der Waals surface area contributed by atoms with Crippen molar-refractivity contribution in [1.82, 2.24) is 5.32 Å². The van der Waals surface area contributed by atoms with Crippen LogP contribution in [0.2, 0.25) is 0 Å². The number of carbonyl (C=O) groups is 2. The van der Waals surface area contributed by atoms with E-state index in [9.17, 15) is 18.0 Å². The van der Waals surface area contributed by atoms with Gasteiger partial charge in [-0.15, -0.1) is 11.3 Å². The molecular weight excluding hydrogens is 418 g/mol. The monoisotopic (exact) mass is 427 g/mol. The minimum absolute atomic E-state index is 0.239. The molecule has 12 heteroatoms. The standard InChI is InChI=1S/C10H10Cl3NO2S.C2HF3O2/c11-10(12,13)5-16-9(15)7-3-6-1-2-14-4-8(6)17-7;3-2(4,5)1(6)7/h3,14H,1-2,4-5H2;(H,6,7). The van der Waals surface area contributed by atoms with Crippen LogP contribution < -0.4 is 5.32 Å². The summed E-state index contributed by atoms with van der Waals surface area (Å²) in [6.07, 6.45) is -4.15. The van der Waals surface area contributed by atoms with Crippen LogP contribution in [-0.4, -0.2) is 40.2 Å². The van der Waals surface area contributed by atoms with Gasteiger partial charge in [-0.25, -0.2) is 9.59 Å². The molecule has 24 heavy (non-hydrogen) atoms. The molecule has 0 spiro atoms. The number of alkyl halides is 6. The molecule has 1 aliphatic rings. The predicted molar refractivity (Wildman–Crippen MR) is 84.0 cm³/mol. The molecule has 1 aromatic rings. The summed E-state index contributed by atoms with van der Waals surface area (Å²) in [6.45, 7) is 1.50. The number of aliphatic carboxylic acids is 1. The van der Waals surface area contributed by atoms with E-state index in [4.69, 9.17) is 49.4 Å². The smallest absolute Gasteiger partial charge is 0.475 e. The molecule has 0 atom stereocenters. The molecule has 1 aliphatic heterocycles. The second-order valence-electron chi connectivity index (χ2n) is 4.48. The third-order valence-electron chi connectivity index (χ3n) is 2.56. The second-order valence-corrected chi connectivity index (χ2v) is 8.13. The maximum absolute atomic E-state index is 11.7. The first-order valence-corrected chi connectivity index (χ1v) is 8.21. The summed E-state index contributed by atoms with van der Waals surface area (Å²) in [5.74, 6) is -3.19. The zero-order valence-corrected chi connectivity index (χ0v) is 14.8. The van der Waals surface area contributed by atoms with Crippen LogP contribution in [0.3, 0.4) is 0 Å². The number of halogens is 6. The van der Waals surface area contributed by atoms with Crippen LogP contribution in [-0.2, 0) is 22.5 Å². The fourth-order valence-electron chi connectivity index (χ4n) is 1.57. The van der Waals surface area contributed by atoms with Crippen LogP contribution in [0, 0.1) is 0 Å². The van der Waals surface area contributed by atoms with Gasteiger partial charge in [0.1, 0.15) is 11.5 Å². The third kappa shape index (κ3) is 7.43. The molecule has 0 aromatic carbocycles. The molecule has 0 aliphatic carbocycles. The van der Waals surface area contributed by atoms with E-state index in [1.54, 1.807) is 0 Å².